The number of benzene rings is 1. The van der Waals surface area contributed by atoms with Crippen LogP contribution in [-0.2, 0) is 0 Å². The van der Waals surface area contributed by atoms with Crippen molar-refractivity contribution in [3.05, 3.63) is 29.8 Å². The lowest BCUT2D eigenvalue weighted by molar-refractivity contribution is 0.297. The van der Waals surface area contributed by atoms with E-state index in [2.05, 4.69) is 28.1 Å². The van der Waals surface area contributed by atoms with Crippen molar-refractivity contribution in [2.24, 2.45) is 0 Å². The third-order valence-electron chi connectivity index (χ3n) is 2.17. The molecule has 1 heterocycles. The predicted molar refractivity (Wildman–Crippen MR) is 64.9 cm³/mol. The summed E-state index contributed by atoms with van der Waals surface area (Å²) in [6.07, 6.45) is 5.06. The molecule has 0 fully saturated rings. The van der Waals surface area contributed by atoms with Crippen molar-refractivity contribution in [3.8, 4) is 11.5 Å². The SMILES string of the molecule is BrCC=Cc1ccc2c(c1)OCCCO2. The van der Waals surface area contributed by atoms with Gasteiger partial charge in [0.05, 0.1) is 13.2 Å². The standard InChI is InChI=1S/C12H13BrO2/c13-6-1-3-10-4-5-11-12(9-10)15-8-2-7-14-11/h1,3-5,9H,2,6-8H2. The molecular formula is C12H13BrO2. The molecule has 0 aliphatic carbocycles. The Morgan fingerprint density at radius 1 is 1.20 bits per heavy atom. The molecule has 1 aliphatic heterocycles. The van der Waals surface area contributed by atoms with Crippen LogP contribution in [0.1, 0.15) is 12.0 Å². The molecule has 0 amide bonds. The van der Waals surface area contributed by atoms with Crippen molar-refractivity contribution in [2.75, 3.05) is 18.5 Å². The van der Waals surface area contributed by atoms with E-state index >= 15 is 0 Å². The zero-order chi connectivity index (χ0) is 10.5. The Balaban J connectivity index is 2.23. The van der Waals surface area contributed by atoms with Crippen LogP contribution in [-0.4, -0.2) is 18.5 Å². The maximum Gasteiger partial charge on any atom is 0.161 e. The van der Waals surface area contributed by atoms with Crippen molar-refractivity contribution < 1.29 is 9.47 Å². The number of alkyl halides is 1. The summed E-state index contributed by atoms with van der Waals surface area (Å²) in [7, 11) is 0. The third-order valence-corrected chi connectivity index (χ3v) is 2.54. The number of rotatable bonds is 2. The molecule has 0 N–H and O–H groups in total. The molecule has 1 aromatic rings. The van der Waals surface area contributed by atoms with Gasteiger partial charge in [-0.15, -0.1) is 0 Å². The lowest BCUT2D eigenvalue weighted by Crippen LogP contribution is -1.97. The normalized spacial score (nSPS) is 15.3. The van der Waals surface area contributed by atoms with E-state index in [1.807, 2.05) is 18.2 Å². The first kappa shape index (κ1) is 10.6. The van der Waals surface area contributed by atoms with Gasteiger partial charge in [0, 0.05) is 11.8 Å². The summed E-state index contributed by atoms with van der Waals surface area (Å²) in [5.41, 5.74) is 1.14. The maximum absolute atomic E-state index is 5.60. The molecule has 0 saturated carbocycles. The first-order valence-electron chi connectivity index (χ1n) is 5.02. The molecule has 0 unspecified atom stereocenters. The summed E-state index contributed by atoms with van der Waals surface area (Å²) in [5, 5.41) is 0.863. The Morgan fingerprint density at radius 3 is 2.80 bits per heavy atom. The molecular weight excluding hydrogens is 256 g/mol. The molecule has 3 heteroatoms. The second-order valence-electron chi connectivity index (χ2n) is 3.31. The molecule has 1 aromatic carbocycles. The van der Waals surface area contributed by atoms with Crippen LogP contribution in [0.2, 0.25) is 0 Å². The Labute approximate surface area is 98.0 Å². The topological polar surface area (TPSA) is 18.5 Å². The van der Waals surface area contributed by atoms with Gasteiger partial charge in [0.1, 0.15) is 0 Å². The van der Waals surface area contributed by atoms with E-state index in [9.17, 15) is 0 Å². The van der Waals surface area contributed by atoms with E-state index < -0.39 is 0 Å². The average molecular weight is 269 g/mol. The first-order valence-corrected chi connectivity index (χ1v) is 6.14. The maximum atomic E-state index is 5.60. The molecule has 2 rings (SSSR count). The number of allylic oxidation sites excluding steroid dienone is 1. The van der Waals surface area contributed by atoms with E-state index in [1.54, 1.807) is 0 Å². The summed E-state index contributed by atoms with van der Waals surface area (Å²) in [4.78, 5) is 0. The average Bonchev–Trinajstić information content (AvgIpc) is 2.50. The van der Waals surface area contributed by atoms with Crippen LogP contribution in [0.4, 0.5) is 0 Å². The van der Waals surface area contributed by atoms with E-state index in [0.717, 1.165) is 42.0 Å². The minimum Gasteiger partial charge on any atom is -0.490 e. The summed E-state index contributed by atoms with van der Waals surface area (Å²) in [5.74, 6) is 1.70. The fraction of sp³-hybridized carbons (Fsp3) is 0.333. The molecule has 0 saturated heterocycles. The summed E-state index contributed by atoms with van der Waals surface area (Å²) in [6.45, 7) is 1.47. The lowest BCUT2D eigenvalue weighted by atomic mass is 10.2. The Kier molecular flexibility index (Phi) is 3.67. The van der Waals surface area contributed by atoms with Gasteiger partial charge in [0.15, 0.2) is 11.5 Å². The number of hydrogen-bond donors (Lipinski definition) is 0. The number of halogens is 1. The van der Waals surface area contributed by atoms with Gasteiger partial charge in [-0.05, 0) is 17.7 Å². The molecule has 0 spiro atoms. The third kappa shape index (κ3) is 2.75. The van der Waals surface area contributed by atoms with Crippen molar-refractivity contribution in [1.29, 1.82) is 0 Å². The van der Waals surface area contributed by atoms with Gasteiger partial charge in [0.25, 0.3) is 0 Å². The minimum atomic E-state index is 0.735. The van der Waals surface area contributed by atoms with Gasteiger partial charge < -0.3 is 9.47 Å². The highest BCUT2D eigenvalue weighted by Crippen LogP contribution is 2.30. The van der Waals surface area contributed by atoms with Gasteiger partial charge in [0.2, 0.25) is 0 Å². The van der Waals surface area contributed by atoms with Gasteiger partial charge in [-0.1, -0.05) is 34.1 Å². The van der Waals surface area contributed by atoms with Gasteiger partial charge in [-0.25, -0.2) is 0 Å². The summed E-state index contributed by atoms with van der Waals surface area (Å²) < 4.78 is 11.1. The van der Waals surface area contributed by atoms with Crippen molar-refractivity contribution in [3.63, 3.8) is 0 Å². The number of fused-ring (bicyclic) bond motifs is 1. The molecule has 1 aliphatic rings. The Hall–Kier alpha value is -0.960. The van der Waals surface area contributed by atoms with Crippen molar-refractivity contribution in [2.45, 2.75) is 6.42 Å². The summed E-state index contributed by atoms with van der Waals surface area (Å²) >= 11 is 3.35. The van der Waals surface area contributed by atoms with Crippen LogP contribution in [0.25, 0.3) is 6.08 Å². The van der Waals surface area contributed by atoms with E-state index in [-0.39, 0.29) is 0 Å². The molecule has 0 aromatic heterocycles. The van der Waals surface area contributed by atoms with E-state index in [0.29, 0.717) is 0 Å². The van der Waals surface area contributed by atoms with E-state index in [4.69, 9.17) is 9.47 Å². The van der Waals surface area contributed by atoms with Crippen LogP contribution in [0.3, 0.4) is 0 Å². The zero-order valence-corrected chi connectivity index (χ0v) is 10.00. The number of ether oxygens (including phenoxy) is 2. The van der Waals surface area contributed by atoms with Crippen LogP contribution in [0.5, 0.6) is 11.5 Å². The second-order valence-corrected chi connectivity index (χ2v) is 3.96. The molecule has 0 radical (unpaired) electrons. The lowest BCUT2D eigenvalue weighted by Gasteiger charge is -2.07. The van der Waals surface area contributed by atoms with Gasteiger partial charge in [-0.3, -0.25) is 0 Å². The van der Waals surface area contributed by atoms with Crippen LogP contribution in [0.15, 0.2) is 24.3 Å². The molecule has 2 nitrogen and oxygen atoms in total. The smallest absolute Gasteiger partial charge is 0.161 e. The van der Waals surface area contributed by atoms with Crippen LogP contribution in [0, 0.1) is 0 Å². The van der Waals surface area contributed by atoms with E-state index in [1.165, 1.54) is 0 Å². The van der Waals surface area contributed by atoms with Crippen LogP contribution < -0.4 is 9.47 Å². The Bertz CT molecular complexity index is 361. The quantitative estimate of drug-likeness (QED) is 0.767. The fourth-order valence-corrected chi connectivity index (χ4v) is 1.65. The first-order chi connectivity index (χ1) is 7.40. The largest absolute Gasteiger partial charge is 0.490 e. The van der Waals surface area contributed by atoms with Gasteiger partial charge in [-0.2, -0.15) is 0 Å². The predicted octanol–water partition coefficient (Wildman–Crippen LogP) is 3.26. The molecule has 80 valence electrons. The number of hydrogen-bond acceptors (Lipinski definition) is 2. The zero-order valence-electron chi connectivity index (χ0n) is 8.41. The van der Waals surface area contributed by atoms with Crippen LogP contribution >= 0.6 is 15.9 Å². The monoisotopic (exact) mass is 268 g/mol. The Morgan fingerprint density at radius 2 is 2.00 bits per heavy atom. The molecule has 0 bridgehead atoms. The van der Waals surface area contributed by atoms with Gasteiger partial charge >= 0.3 is 0 Å². The highest BCUT2D eigenvalue weighted by molar-refractivity contribution is 9.09. The molecule has 15 heavy (non-hydrogen) atoms. The highest BCUT2D eigenvalue weighted by atomic mass is 79.9. The minimum absolute atomic E-state index is 0.735. The molecule has 0 atom stereocenters. The highest BCUT2D eigenvalue weighted by Gasteiger charge is 2.09. The summed E-state index contributed by atoms with van der Waals surface area (Å²) in [6, 6.07) is 6.01. The van der Waals surface area contributed by atoms with Crippen molar-refractivity contribution >= 4 is 22.0 Å². The second kappa shape index (κ2) is 5.21. The fourth-order valence-electron chi connectivity index (χ4n) is 1.46. The van der Waals surface area contributed by atoms with Crippen molar-refractivity contribution in [1.82, 2.24) is 0 Å².